The second-order valence-electron chi connectivity index (χ2n) is 8.22. The first-order valence-corrected chi connectivity index (χ1v) is 10.8. The van der Waals surface area contributed by atoms with Crippen LogP contribution in [0.15, 0.2) is 30.3 Å². The Bertz CT molecular complexity index is 789. The normalized spacial score (nSPS) is 19.8. The van der Waals surface area contributed by atoms with Gasteiger partial charge in [0.05, 0.1) is 0 Å². The van der Waals surface area contributed by atoms with E-state index >= 15 is 0 Å². The summed E-state index contributed by atoms with van der Waals surface area (Å²) in [6, 6.07) is 9.19. The fraction of sp³-hybridized carbons (Fsp3) is 0.520. The van der Waals surface area contributed by atoms with Crippen molar-refractivity contribution in [1.29, 1.82) is 0 Å². The summed E-state index contributed by atoms with van der Waals surface area (Å²) in [5.74, 6) is -0.467. The third-order valence-electron chi connectivity index (χ3n) is 6.36. The van der Waals surface area contributed by atoms with Gasteiger partial charge in [-0.05, 0) is 91.5 Å². The molecule has 0 unspecified atom stereocenters. The van der Waals surface area contributed by atoms with Crippen LogP contribution in [0.1, 0.15) is 80.5 Å². The molecule has 28 heavy (non-hydrogen) atoms. The second kappa shape index (κ2) is 9.62. The summed E-state index contributed by atoms with van der Waals surface area (Å²) < 4.78 is 42.5. The molecule has 3 heteroatoms. The SMILES string of the molecule is CCCc1ccc(CCC2CCC(c3ccc(CC)c(F)c3)CC2)c(F)c1F. The van der Waals surface area contributed by atoms with Gasteiger partial charge in [-0.15, -0.1) is 0 Å². The van der Waals surface area contributed by atoms with E-state index in [0.717, 1.165) is 56.1 Å². The highest BCUT2D eigenvalue weighted by molar-refractivity contribution is 5.28. The minimum Gasteiger partial charge on any atom is -0.207 e. The predicted molar refractivity (Wildman–Crippen MR) is 109 cm³/mol. The van der Waals surface area contributed by atoms with Gasteiger partial charge in [0, 0.05) is 0 Å². The van der Waals surface area contributed by atoms with Gasteiger partial charge in [0.15, 0.2) is 11.6 Å². The lowest BCUT2D eigenvalue weighted by molar-refractivity contribution is 0.308. The maximum atomic E-state index is 14.3. The molecule has 0 radical (unpaired) electrons. The molecule has 0 aliphatic heterocycles. The monoisotopic (exact) mass is 388 g/mol. The molecule has 0 spiro atoms. The molecule has 0 aromatic heterocycles. The Hall–Kier alpha value is -1.77. The van der Waals surface area contributed by atoms with Gasteiger partial charge >= 0.3 is 0 Å². The molecule has 0 N–H and O–H groups in total. The van der Waals surface area contributed by atoms with Crippen LogP contribution in [0.2, 0.25) is 0 Å². The lowest BCUT2D eigenvalue weighted by Gasteiger charge is -2.29. The predicted octanol–water partition coefficient (Wildman–Crippen LogP) is 7.53. The van der Waals surface area contributed by atoms with E-state index in [1.165, 1.54) is 0 Å². The Morgan fingerprint density at radius 2 is 1.39 bits per heavy atom. The van der Waals surface area contributed by atoms with E-state index in [-0.39, 0.29) is 5.82 Å². The van der Waals surface area contributed by atoms with Crippen molar-refractivity contribution < 1.29 is 13.2 Å². The topological polar surface area (TPSA) is 0 Å². The molecule has 2 aromatic rings. The Labute approximate surface area is 167 Å². The van der Waals surface area contributed by atoms with Crippen LogP contribution in [0.4, 0.5) is 13.2 Å². The van der Waals surface area contributed by atoms with Gasteiger partial charge in [0.2, 0.25) is 0 Å². The highest BCUT2D eigenvalue weighted by Crippen LogP contribution is 2.38. The average Bonchev–Trinajstić information content (AvgIpc) is 2.71. The van der Waals surface area contributed by atoms with Crippen molar-refractivity contribution in [3.63, 3.8) is 0 Å². The molecule has 0 amide bonds. The number of benzene rings is 2. The van der Waals surface area contributed by atoms with Crippen molar-refractivity contribution >= 4 is 0 Å². The molecule has 2 aromatic carbocycles. The Morgan fingerprint density at radius 3 is 1.96 bits per heavy atom. The zero-order valence-electron chi connectivity index (χ0n) is 17.0. The molecule has 1 saturated carbocycles. The first kappa shape index (κ1) is 21.0. The number of hydrogen-bond acceptors (Lipinski definition) is 0. The fourth-order valence-electron chi connectivity index (χ4n) is 4.53. The standard InChI is InChI=1S/C25H31F3/c1-3-5-20-13-14-21(25(28)24(20)27)11-8-17-6-9-19(10-7-17)22-15-12-18(4-2)23(26)16-22/h12-17,19H,3-11H2,1-2H3. The van der Waals surface area contributed by atoms with E-state index in [4.69, 9.17) is 0 Å². The molecule has 0 saturated heterocycles. The zero-order chi connectivity index (χ0) is 20.1. The summed E-state index contributed by atoms with van der Waals surface area (Å²) in [5.41, 5.74) is 2.85. The first-order valence-electron chi connectivity index (χ1n) is 10.8. The fourth-order valence-corrected chi connectivity index (χ4v) is 4.53. The van der Waals surface area contributed by atoms with Crippen molar-refractivity contribution in [2.45, 2.75) is 77.6 Å². The molecule has 0 heterocycles. The summed E-state index contributed by atoms with van der Waals surface area (Å²) >= 11 is 0. The van der Waals surface area contributed by atoms with E-state index in [1.54, 1.807) is 18.2 Å². The van der Waals surface area contributed by atoms with E-state index in [1.807, 2.05) is 19.9 Å². The minimum atomic E-state index is -0.666. The van der Waals surface area contributed by atoms with Crippen molar-refractivity contribution in [2.24, 2.45) is 5.92 Å². The minimum absolute atomic E-state index is 0.0915. The van der Waals surface area contributed by atoms with Gasteiger partial charge in [-0.1, -0.05) is 44.5 Å². The van der Waals surface area contributed by atoms with E-state index in [9.17, 15) is 13.2 Å². The molecule has 1 aliphatic rings. The van der Waals surface area contributed by atoms with Gasteiger partial charge in [-0.25, -0.2) is 13.2 Å². The molecule has 0 nitrogen and oxygen atoms in total. The average molecular weight is 389 g/mol. The summed E-state index contributed by atoms with van der Waals surface area (Å²) in [7, 11) is 0. The maximum Gasteiger partial charge on any atom is 0.162 e. The van der Waals surface area contributed by atoms with E-state index in [0.29, 0.717) is 35.8 Å². The molecule has 0 atom stereocenters. The molecule has 1 fully saturated rings. The summed E-state index contributed by atoms with van der Waals surface area (Å²) in [5, 5.41) is 0. The van der Waals surface area contributed by atoms with Gasteiger partial charge in [0.25, 0.3) is 0 Å². The quantitative estimate of drug-likeness (QED) is 0.460. The lowest BCUT2D eigenvalue weighted by Crippen LogP contribution is -2.15. The Kier molecular flexibility index (Phi) is 7.20. The zero-order valence-corrected chi connectivity index (χ0v) is 17.0. The molecule has 1 aliphatic carbocycles. The molecular formula is C25H31F3. The molecule has 3 rings (SSSR count). The third-order valence-corrected chi connectivity index (χ3v) is 6.36. The van der Waals surface area contributed by atoms with E-state index in [2.05, 4.69) is 6.07 Å². The molecular weight excluding hydrogens is 357 g/mol. The molecule has 0 bridgehead atoms. The summed E-state index contributed by atoms with van der Waals surface area (Å²) in [4.78, 5) is 0. The first-order chi connectivity index (χ1) is 13.5. The van der Waals surface area contributed by atoms with Crippen LogP contribution < -0.4 is 0 Å². The number of rotatable bonds is 7. The smallest absolute Gasteiger partial charge is 0.162 e. The van der Waals surface area contributed by atoms with Gasteiger partial charge in [-0.3, -0.25) is 0 Å². The van der Waals surface area contributed by atoms with Gasteiger partial charge in [-0.2, -0.15) is 0 Å². The van der Waals surface area contributed by atoms with Gasteiger partial charge in [0.1, 0.15) is 5.82 Å². The van der Waals surface area contributed by atoms with Crippen LogP contribution in [0.3, 0.4) is 0 Å². The maximum absolute atomic E-state index is 14.3. The highest BCUT2D eigenvalue weighted by Gasteiger charge is 2.23. The highest BCUT2D eigenvalue weighted by atomic mass is 19.2. The van der Waals surface area contributed by atoms with Gasteiger partial charge < -0.3 is 0 Å². The Morgan fingerprint density at radius 1 is 0.786 bits per heavy atom. The lowest BCUT2D eigenvalue weighted by atomic mass is 9.76. The largest absolute Gasteiger partial charge is 0.207 e. The Balaban J connectivity index is 1.54. The van der Waals surface area contributed by atoms with Crippen LogP contribution in [0.25, 0.3) is 0 Å². The van der Waals surface area contributed by atoms with Crippen LogP contribution in [0.5, 0.6) is 0 Å². The van der Waals surface area contributed by atoms with E-state index < -0.39 is 11.6 Å². The van der Waals surface area contributed by atoms with Crippen LogP contribution in [-0.4, -0.2) is 0 Å². The van der Waals surface area contributed by atoms with Crippen molar-refractivity contribution in [3.8, 4) is 0 Å². The number of aryl methyl sites for hydroxylation is 3. The van der Waals surface area contributed by atoms with Crippen LogP contribution in [0, 0.1) is 23.4 Å². The third kappa shape index (κ3) is 4.79. The number of halogens is 3. The summed E-state index contributed by atoms with van der Waals surface area (Å²) in [6.45, 7) is 3.93. The van der Waals surface area contributed by atoms with Crippen molar-refractivity contribution in [3.05, 3.63) is 70.0 Å². The van der Waals surface area contributed by atoms with Crippen LogP contribution >= 0.6 is 0 Å². The number of hydrogen-bond donors (Lipinski definition) is 0. The summed E-state index contributed by atoms with van der Waals surface area (Å²) in [6.07, 6.45) is 7.80. The van der Waals surface area contributed by atoms with Crippen LogP contribution in [-0.2, 0) is 19.3 Å². The van der Waals surface area contributed by atoms with Crippen molar-refractivity contribution in [2.75, 3.05) is 0 Å². The van der Waals surface area contributed by atoms with Crippen molar-refractivity contribution in [1.82, 2.24) is 0 Å². The second-order valence-corrected chi connectivity index (χ2v) is 8.22. The molecule has 152 valence electrons.